The van der Waals surface area contributed by atoms with Gasteiger partial charge in [-0.25, -0.2) is 0 Å². The third-order valence-electron chi connectivity index (χ3n) is 4.90. The van der Waals surface area contributed by atoms with Crippen molar-refractivity contribution in [3.05, 3.63) is 87.9 Å². The summed E-state index contributed by atoms with van der Waals surface area (Å²) in [6.45, 7) is 5.27. The Morgan fingerprint density at radius 2 is 1.83 bits per heavy atom. The summed E-state index contributed by atoms with van der Waals surface area (Å²) in [5.41, 5.74) is 3.46. The summed E-state index contributed by atoms with van der Waals surface area (Å²) in [7, 11) is 0. The molecular formula is C24H25N3O2S. The van der Waals surface area contributed by atoms with Crippen LogP contribution < -0.4 is 10.1 Å². The Bertz CT molecular complexity index is 1040. The molecule has 0 aliphatic rings. The van der Waals surface area contributed by atoms with E-state index in [0.29, 0.717) is 24.9 Å². The smallest absolute Gasteiger partial charge is 0.240 e. The van der Waals surface area contributed by atoms with Crippen LogP contribution in [0.15, 0.2) is 70.6 Å². The zero-order valence-corrected chi connectivity index (χ0v) is 18.0. The molecule has 6 heteroatoms. The summed E-state index contributed by atoms with van der Waals surface area (Å²) in [5.74, 6) is 1.97. The normalized spacial score (nSPS) is 12.1. The molecule has 4 rings (SSSR count). The van der Waals surface area contributed by atoms with Gasteiger partial charge in [-0.05, 0) is 60.2 Å². The average Bonchev–Trinajstić information content (AvgIpc) is 3.48. The molecule has 30 heavy (non-hydrogen) atoms. The number of aromatic nitrogens is 2. The fourth-order valence-electron chi connectivity index (χ4n) is 3.28. The second-order valence-corrected chi connectivity index (χ2v) is 7.87. The van der Waals surface area contributed by atoms with E-state index in [1.54, 1.807) is 11.3 Å². The Labute approximate surface area is 180 Å². The SMILES string of the molecule is CCOc1ccc(-c2noc(CNC(c3ccc(CC)cc3)c3cccs3)n2)cc1. The van der Waals surface area contributed by atoms with Crippen molar-refractivity contribution in [1.82, 2.24) is 15.5 Å². The first-order valence-electron chi connectivity index (χ1n) is 10.2. The number of nitrogens with zero attached hydrogens (tertiary/aromatic N) is 2. The van der Waals surface area contributed by atoms with E-state index < -0.39 is 0 Å². The lowest BCUT2D eigenvalue weighted by atomic mass is 10.0. The molecule has 154 valence electrons. The third kappa shape index (κ3) is 4.78. The highest BCUT2D eigenvalue weighted by atomic mass is 32.1. The van der Waals surface area contributed by atoms with Gasteiger partial charge in [0.2, 0.25) is 11.7 Å². The van der Waals surface area contributed by atoms with Gasteiger partial charge in [-0.3, -0.25) is 5.32 Å². The van der Waals surface area contributed by atoms with E-state index in [0.717, 1.165) is 17.7 Å². The monoisotopic (exact) mass is 419 g/mol. The molecule has 2 heterocycles. The van der Waals surface area contributed by atoms with Gasteiger partial charge in [0.15, 0.2) is 0 Å². The molecular weight excluding hydrogens is 394 g/mol. The van der Waals surface area contributed by atoms with Crippen molar-refractivity contribution in [2.24, 2.45) is 0 Å². The van der Waals surface area contributed by atoms with Gasteiger partial charge >= 0.3 is 0 Å². The lowest BCUT2D eigenvalue weighted by Gasteiger charge is -2.17. The molecule has 0 bridgehead atoms. The summed E-state index contributed by atoms with van der Waals surface area (Å²) < 4.78 is 11.0. The zero-order valence-electron chi connectivity index (χ0n) is 17.2. The summed E-state index contributed by atoms with van der Waals surface area (Å²) >= 11 is 1.74. The van der Waals surface area contributed by atoms with Crippen molar-refractivity contribution in [3.8, 4) is 17.1 Å². The highest BCUT2D eigenvalue weighted by Crippen LogP contribution is 2.27. The van der Waals surface area contributed by atoms with Crippen LogP contribution >= 0.6 is 11.3 Å². The molecule has 5 nitrogen and oxygen atoms in total. The van der Waals surface area contributed by atoms with Gasteiger partial charge < -0.3 is 9.26 Å². The lowest BCUT2D eigenvalue weighted by Crippen LogP contribution is -2.21. The van der Waals surface area contributed by atoms with Crippen LogP contribution in [-0.4, -0.2) is 16.7 Å². The van der Waals surface area contributed by atoms with E-state index in [4.69, 9.17) is 9.26 Å². The minimum absolute atomic E-state index is 0.0803. The van der Waals surface area contributed by atoms with Crippen molar-refractivity contribution in [1.29, 1.82) is 0 Å². The maximum Gasteiger partial charge on any atom is 0.240 e. The van der Waals surface area contributed by atoms with Gasteiger partial charge in [0, 0.05) is 10.4 Å². The van der Waals surface area contributed by atoms with E-state index in [9.17, 15) is 0 Å². The number of nitrogens with one attached hydrogen (secondary N) is 1. The molecule has 0 aliphatic carbocycles. The number of hydrogen-bond acceptors (Lipinski definition) is 6. The third-order valence-corrected chi connectivity index (χ3v) is 5.84. The Balaban J connectivity index is 1.47. The van der Waals surface area contributed by atoms with Gasteiger partial charge in [0.05, 0.1) is 19.2 Å². The number of rotatable bonds is 9. The maximum absolute atomic E-state index is 5.49. The second kappa shape index (κ2) is 9.69. The fourth-order valence-corrected chi connectivity index (χ4v) is 4.11. The number of benzene rings is 2. The average molecular weight is 420 g/mol. The summed E-state index contributed by atoms with van der Waals surface area (Å²) in [6.07, 6.45) is 1.04. The molecule has 1 N–H and O–H groups in total. The minimum Gasteiger partial charge on any atom is -0.494 e. The van der Waals surface area contributed by atoms with Gasteiger partial charge in [-0.15, -0.1) is 11.3 Å². The predicted octanol–water partition coefficient (Wildman–Crippen LogP) is 5.64. The molecule has 2 aromatic heterocycles. The van der Waals surface area contributed by atoms with E-state index in [-0.39, 0.29) is 6.04 Å². The van der Waals surface area contributed by atoms with Crippen molar-refractivity contribution < 1.29 is 9.26 Å². The first-order chi connectivity index (χ1) is 14.8. The van der Waals surface area contributed by atoms with Crippen LogP contribution in [0.4, 0.5) is 0 Å². The van der Waals surface area contributed by atoms with Crippen LogP contribution in [0.2, 0.25) is 0 Å². The minimum atomic E-state index is 0.0803. The summed E-state index contributed by atoms with van der Waals surface area (Å²) in [5, 5.41) is 9.81. The van der Waals surface area contributed by atoms with Crippen LogP contribution in [0.1, 0.15) is 41.8 Å². The van der Waals surface area contributed by atoms with E-state index in [1.807, 2.05) is 31.2 Å². The maximum atomic E-state index is 5.49. The largest absolute Gasteiger partial charge is 0.494 e. The van der Waals surface area contributed by atoms with Crippen LogP contribution in [0.5, 0.6) is 5.75 Å². The molecule has 1 unspecified atom stereocenters. The second-order valence-electron chi connectivity index (χ2n) is 6.89. The lowest BCUT2D eigenvalue weighted by molar-refractivity contribution is 0.340. The van der Waals surface area contributed by atoms with E-state index >= 15 is 0 Å². The molecule has 0 radical (unpaired) electrons. The quantitative estimate of drug-likeness (QED) is 0.380. The first kappa shape index (κ1) is 20.3. The molecule has 1 atom stereocenters. The highest BCUT2D eigenvalue weighted by molar-refractivity contribution is 7.10. The molecule has 0 aliphatic heterocycles. The Hall–Kier alpha value is -2.96. The van der Waals surface area contributed by atoms with Crippen LogP contribution in [0.25, 0.3) is 11.4 Å². The summed E-state index contributed by atoms with van der Waals surface area (Å²) in [6, 6.07) is 20.8. The number of ether oxygens (including phenoxy) is 1. The van der Waals surface area contributed by atoms with Gasteiger partial charge in [-0.2, -0.15) is 4.98 Å². The van der Waals surface area contributed by atoms with Gasteiger partial charge in [-0.1, -0.05) is 42.4 Å². The first-order valence-corrected chi connectivity index (χ1v) is 11.1. The van der Waals surface area contributed by atoms with E-state index in [2.05, 4.69) is 64.2 Å². The summed E-state index contributed by atoms with van der Waals surface area (Å²) in [4.78, 5) is 5.81. The Morgan fingerprint density at radius 1 is 1.03 bits per heavy atom. The van der Waals surface area contributed by atoms with Crippen molar-refractivity contribution >= 4 is 11.3 Å². The molecule has 4 aromatic rings. The van der Waals surface area contributed by atoms with Crippen molar-refractivity contribution in [3.63, 3.8) is 0 Å². The Kier molecular flexibility index (Phi) is 6.57. The zero-order chi connectivity index (χ0) is 20.8. The van der Waals surface area contributed by atoms with Crippen LogP contribution in [-0.2, 0) is 13.0 Å². The standard InChI is InChI=1S/C24H25N3O2S/c1-3-17-7-9-18(10-8-17)23(21-6-5-15-30-21)25-16-22-26-24(27-29-22)19-11-13-20(14-12-19)28-4-2/h5-15,23,25H,3-4,16H2,1-2H3. The topological polar surface area (TPSA) is 60.2 Å². The van der Waals surface area contributed by atoms with Gasteiger partial charge in [0.25, 0.3) is 0 Å². The molecule has 0 saturated carbocycles. The molecule has 0 fully saturated rings. The molecule has 0 spiro atoms. The number of aryl methyl sites for hydroxylation is 1. The highest BCUT2D eigenvalue weighted by Gasteiger charge is 2.17. The molecule has 2 aromatic carbocycles. The number of thiophene rings is 1. The van der Waals surface area contributed by atoms with Gasteiger partial charge in [0.1, 0.15) is 5.75 Å². The van der Waals surface area contributed by atoms with Crippen molar-refractivity contribution in [2.75, 3.05) is 6.61 Å². The fraction of sp³-hybridized carbons (Fsp3) is 0.250. The van der Waals surface area contributed by atoms with Crippen LogP contribution in [0, 0.1) is 0 Å². The van der Waals surface area contributed by atoms with E-state index in [1.165, 1.54) is 16.0 Å². The predicted molar refractivity (Wildman–Crippen MR) is 120 cm³/mol. The molecule has 0 amide bonds. The Morgan fingerprint density at radius 3 is 2.50 bits per heavy atom. The molecule has 0 saturated heterocycles. The van der Waals surface area contributed by atoms with Crippen LogP contribution in [0.3, 0.4) is 0 Å². The number of hydrogen-bond donors (Lipinski definition) is 1. The van der Waals surface area contributed by atoms with Crippen molar-refractivity contribution in [2.45, 2.75) is 32.9 Å².